The van der Waals surface area contributed by atoms with Crippen molar-refractivity contribution in [2.45, 2.75) is 11.6 Å². The van der Waals surface area contributed by atoms with Crippen LogP contribution in [-0.2, 0) is 0 Å². The molecule has 0 amide bonds. The summed E-state index contributed by atoms with van der Waals surface area (Å²) in [5, 5.41) is 7.85. The van der Waals surface area contributed by atoms with E-state index in [1.54, 1.807) is 6.07 Å². The molecule has 1 fully saturated rings. The van der Waals surface area contributed by atoms with Gasteiger partial charge in [-0.3, -0.25) is 0 Å². The lowest BCUT2D eigenvalue weighted by atomic mass is 10.1. The number of nitrogens with zero attached hydrogens (tertiary/aromatic N) is 2. The molecule has 1 aliphatic rings. The summed E-state index contributed by atoms with van der Waals surface area (Å²) >= 11 is 7.40. The molecule has 1 saturated heterocycles. The van der Waals surface area contributed by atoms with Gasteiger partial charge in [0, 0.05) is 12.6 Å². The SMILES string of the molecule is CSc1nc(Cl)cc(NC[C@@H]2CCNC2)n1. The van der Waals surface area contributed by atoms with Crippen LogP contribution in [0, 0.1) is 5.92 Å². The van der Waals surface area contributed by atoms with Crippen LogP contribution < -0.4 is 10.6 Å². The summed E-state index contributed by atoms with van der Waals surface area (Å²) in [6.07, 6.45) is 3.16. The molecule has 4 nitrogen and oxygen atoms in total. The Kier molecular flexibility index (Phi) is 4.26. The minimum Gasteiger partial charge on any atom is -0.370 e. The summed E-state index contributed by atoms with van der Waals surface area (Å²) < 4.78 is 0. The largest absolute Gasteiger partial charge is 0.370 e. The minimum atomic E-state index is 0.492. The Morgan fingerprint density at radius 1 is 1.62 bits per heavy atom. The lowest BCUT2D eigenvalue weighted by Gasteiger charge is -2.11. The molecule has 16 heavy (non-hydrogen) atoms. The highest BCUT2D eigenvalue weighted by Gasteiger charge is 2.14. The van der Waals surface area contributed by atoms with Gasteiger partial charge in [0.2, 0.25) is 0 Å². The second kappa shape index (κ2) is 5.70. The molecule has 1 aliphatic heterocycles. The van der Waals surface area contributed by atoms with Crippen LogP contribution >= 0.6 is 23.4 Å². The van der Waals surface area contributed by atoms with E-state index in [0.29, 0.717) is 16.2 Å². The maximum atomic E-state index is 5.91. The molecule has 6 heteroatoms. The third-order valence-electron chi connectivity index (χ3n) is 2.59. The molecule has 1 atom stereocenters. The van der Waals surface area contributed by atoms with E-state index < -0.39 is 0 Å². The van der Waals surface area contributed by atoms with Crippen molar-refractivity contribution >= 4 is 29.2 Å². The Morgan fingerprint density at radius 3 is 3.19 bits per heavy atom. The molecule has 0 unspecified atom stereocenters. The fraction of sp³-hybridized carbons (Fsp3) is 0.600. The van der Waals surface area contributed by atoms with Crippen LogP contribution in [0.2, 0.25) is 5.15 Å². The van der Waals surface area contributed by atoms with Crippen molar-refractivity contribution in [2.24, 2.45) is 5.92 Å². The van der Waals surface area contributed by atoms with Gasteiger partial charge in [0.05, 0.1) is 0 Å². The van der Waals surface area contributed by atoms with E-state index in [9.17, 15) is 0 Å². The van der Waals surface area contributed by atoms with Crippen molar-refractivity contribution in [3.63, 3.8) is 0 Å². The van der Waals surface area contributed by atoms with Crippen molar-refractivity contribution in [3.05, 3.63) is 11.2 Å². The highest BCUT2D eigenvalue weighted by molar-refractivity contribution is 7.98. The summed E-state index contributed by atoms with van der Waals surface area (Å²) in [4.78, 5) is 8.45. The zero-order valence-corrected chi connectivity index (χ0v) is 10.7. The third-order valence-corrected chi connectivity index (χ3v) is 3.33. The molecular weight excluding hydrogens is 244 g/mol. The summed E-state index contributed by atoms with van der Waals surface area (Å²) in [7, 11) is 0. The zero-order valence-electron chi connectivity index (χ0n) is 9.16. The zero-order chi connectivity index (χ0) is 11.4. The molecule has 1 aromatic heterocycles. The number of aromatic nitrogens is 2. The van der Waals surface area contributed by atoms with E-state index in [0.717, 1.165) is 25.5 Å². The maximum Gasteiger partial charge on any atom is 0.190 e. The number of anilines is 1. The van der Waals surface area contributed by atoms with Gasteiger partial charge in [-0.1, -0.05) is 23.4 Å². The predicted octanol–water partition coefficient (Wildman–Crippen LogP) is 1.87. The molecule has 0 aromatic carbocycles. The predicted molar refractivity (Wildman–Crippen MR) is 68.3 cm³/mol. The van der Waals surface area contributed by atoms with Gasteiger partial charge < -0.3 is 10.6 Å². The second-order valence-electron chi connectivity index (χ2n) is 3.80. The molecule has 0 spiro atoms. The van der Waals surface area contributed by atoms with Crippen molar-refractivity contribution in [1.29, 1.82) is 0 Å². The van der Waals surface area contributed by atoms with Gasteiger partial charge in [0.25, 0.3) is 0 Å². The number of rotatable bonds is 4. The van der Waals surface area contributed by atoms with Crippen LogP contribution in [0.3, 0.4) is 0 Å². The van der Waals surface area contributed by atoms with Crippen LogP contribution in [-0.4, -0.2) is 35.9 Å². The van der Waals surface area contributed by atoms with Gasteiger partial charge >= 0.3 is 0 Å². The molecule has 2 N–H and O–H groups in total. The molecule has 0 radical (unpaired) electrons. The summed E-state index contributed by atoms with van der Waals surface area (Å²) in [5.41, 5.74) is 0. The second-order valence-corrected chi connectivity index (χ2v) is 4.96. The Balaban J connectivity index is 1.94. The monoisotopic (exact) mass is 258 g/mol. The number of nitrogens with one attached hydrogen (secondary N) is 2. The topological polar surface area (TPSA) is 49.8 Å². The van der Waals surface area contributed by atoms with Gasteiger partial charge in [0.1, 0.15) is 11.0 Å². The van der Waals surface area contributed by atoms with Gasteiger partial charge in [-0.2, -0.15) is 0 Å². The average molecular weight is 259 g/mol. The molecule has 1 aromatic rings. The molecule has 2 heterocycles. The van der Waals surface area contributed by atoms with Gasteiger partial charge in [-0.05, 0) is 31.7 Å². The first-order chi connectivity index (χ1) is 7.78. The fourth-order valence-corrected chi connectivity index (χ4v) is 2.33. The number of hydrogen-bond donors (Lipinski definition) is 2. The first-order valence-corrected chi connectivity index (χ1v) is 6.91. The molecule has 0 aliphatic carbocycles. The summed E-state index contributed by atoms with van der Waals surface area (Å²) in [6, 6.07) is 1.77. The Morgan fingerprint density at radius 2 is 2.50 bits per heavy atom. The van der Waals surface area contributed by atoms with Gasteiger partial charge in [0.15, 0.2) is 5.16 Å². The Hall–Kier alpha value is -0.520. The van der Waals surface area contributed by atoms with Crippen LogP contribution in [0.4, 0.5) is 5.82 Å². The van der Waals surface area contributed by atoms with Gasteiger partial charge in [-0.15, -0.1) is 0 Å². The summed E-state index contributed by atoms with van der Waals surface area (Å²) in [5.74, 6) is 1.50. The van der Waals surface area contributed by atoms with Crippen LogP contribution in [0.25, 0.3) is 0 Å². The van der Waals surface area contributed by atoms with Crippen molar-refractivity contribution in [1.82, 2.24) is 15.3 Å². The standard InChI is InChI=1S/C10H15ClN4S/c1-16-10-14-8(11)4-9(15-10)13-6-7-2-3-12-5-7/h4,7,12H,2-3,5-6H2,1H3,(H,13,14,15)/t7-/m1/s1. The first-order valence-electron chi connectivity index (χ1n) is 5.31. The highest BCUT2D eigenvalue weighted by atomic mass is 35.5. The van der Waals surface area contributed by atoms with E-state index in [1.807, 2.05) is 6.26 Å². The van der Waals surface area contributed by atoms with Crippen molar-refractivity contribution < 1.29 is 0 Å². The maximum absolute atomic E-state index is 5.91. The fourth-order valence-electron chi connectivity index (χ4n) is 1.72. The van der Waals surface area contributed by atoms with Crippen LogP contribution in [0.1, 0.15) is 6.42 Å². The van der Waals surface area contributed by atoms with E-state index >= 15 is 0 Å². The van der Waals surface area contributed by atoms with E-state index in [1.165, 1.54) is 18.2 Å². The van der Waals surface area contributed by atoms with Crippen LogP contribution in [0.5, 0.6) is 0 Å². The number of hydrogen-bond acceptors (Lipinski definition) is 5. The van der Waals surface area contributed by atoms with E-state index in [4.69, 9.17) is 11.6 Å². The number of halogens is 1. The molecule has 2 rings (SSSR count). The summed E-state index contributed by atoms with van der Waals surface area (Å²) in [6.45, 7) is 3.14. The average Bonchev–Trinajstić information content (AvgIpc) is 2.78. The minimum absolute atomic E-state index is 0.492. The smallest absolute Gasteiger partial charge is 0.190 e. The Bertz CT molecular complexity index is 355. The first kappa shape index (κ1) is 12.0. The molecule has 88 valence electrons. The third kappa shape index (κ3) is 3.23. The molecule has 0 saturated carbocycles. The quantitative estimate of drug-likeness (QED) is 0.491. The Labute approximate surface area is 105 Å². The lowest BCUT2D eigenvalue weighted by molar-refractivity contribution is 0.613. The van der Waals surface area contributed by atoms with E-state index in [2.05, 4.69) is 20.6 Å². The molecule has 0 bridgehead atoms. The highest BCUT2D eigenvalue weighted by Crippen LogP contribution is 2.18. The number of thioether (sulfide) groups is 1. The van der Waals surface area contributed by atoms with E-state index in [-0.39, 0.29) is 0 Å². The normalized spacial score (nSPS) is 20.0. The molecular formula is C10H15ClN4S. The van der Waals surface area contributed by atoms with Gasteiger partial charge in [-0.25, -0.2) is 9.97 Å². The lowest BCUT2D eigenvalue weighted by Crippen LogP contribution is -2.17. The van der Waals surface area contributed by atoms with Crippen molar-refractivity contribution in [2.75, 3.05) is 31.2 Å². The van der Waals surface area contributed by atoms with Crippen LogP contribution in [0.15, 0.2) is 11.2 Å². The van der Waals surface area contributed by atoms with Crippen molar-refractivity contribution in [3.8, 4) is 0 Å².